The van der Waals surface area contributed by atoms with E-state index < -0.39 is 15.9 Å². The van der Waals surface area contributed by atoms with Gasteiger partial charge in [0.15, 0.2) is 0 Å². The number of ether oxygens (including phenoxy) is 1. The Kier molecular flexibility index (Phi) is 7.90. The molecular formula is C18H20ClIN2O4S. The molecule has 0 heterocycles. The van der Waals surface area contributed by atoms with Crippen molar-refractivity contribution in [1.82, 2.24) is 4.31 Å². The van der Waals surface area contributed by atoms with E-state index >= 15 is 0 Å². The van der Waals surface area contributed by atoms with Crippen LogP contribution in [0.25, 0.3) is 0 Å². The van der Waals surface area contributed by atoms with Crippen LogP contribution in [0.5, 0.6) is 5.75 Å². The SMILES string of the molecule is CCOc1ccc(S(=O)(=O)N(CC)CC(=O)Nc2ccc(I)cc2)cc1Cl. The number of likely N-dealkylation sites (N-methyl/N-ethyl adjacent to an activating group) is 1. The second-order valence-corrected chi connectivity index (χ2v) is 9.10. The summed E-state index contributed by atoms with van der Waals surface area (Å²) in [6.45, 7) is 3.76. The van der Waals surface area contributed by atoms with E-state index in [1.165, 1.54) is 18.2 Å². The molecule has 2 rings (SSSR count). The van der Waals surface area contributed by atoms with Crippen molar-refractivity contribution in [2.45, 2.75) is 18.7 Å². The molecular weight excluding hydrogens is 503 g/mol. The summed E-state index contributed by atoms with van der Waals surface area (Å²) < 4.78 is 33.2. The largest absolute Gasteiger partial charge is 0.492 e. The monoisotopic (exact) mass is 522 g/mol. The van der Waals surface area contributed by atoms with Gasteiger partial charge in [-0.2, -0.15) is 4.31 Å². The van der Waals surface area contributed by atoms with Crippen molar-refractivity contribution < 1.29 is 17.9 Å². The molecule has 6 nitrogen and oxygen atoms in total. The molecule has 0 aliphatic heterocycles. The Hall–Kier alpha value is -1.36. The van der Waals surface area contributed by atoms with Crippen LogP contribution < -0.4 is 10.1 Å². The third kappa shape index (κ3) is 5.81. The normalized spacial score (nSPS) is 11.4. The van der Waals surface area contributed by atoms with E-state index in [1.807, 2.05) is 19.1 Å². The fraction of sp³-hybridized carbons (Fsp3) is 0.278. The Morgan fingerprint density at radius 2 is 1.85 bits per heavy atom. The summed E-state index contributed by atoms with van der Waals surface area (Å²) in [5, 5.41) is 2.91. The zero-order chi connectivity index (χ0) is 20.0. The highest BCUT2D eigenvalue weighted by Crippen LogP contribution is 2.28. The average Bonchev–Trinajstić information content (AvgIpc) is 2.63. The third-order valence-corrected chi connectivity index (χ3v) is 6.57. The summed E-state index contributed by atoms with van der Waals surface area (Å²) in [5.74, 6) is -0.00344. The molecule has 0 saturated heterocycles. The summed E-state index contributed by atoms with van der Waals surface area (Å²) in [7, 11) is -3.87. The number of anilines is 1. The number of amides is 1. The molecule has 0 aliphatic rings. The van der Waals surface area contributed by atoms with Crippen molar-refractivity contribution in [2.75, 3.05) is 25.0 Å². The van der Waals surface area contributed by atoms with E-state index in [4.69, 9.17) is 16.3 Å². The number of nitrogens with zero attached hydrogens (tertiary/aromatic N) is 1. The molecule has 2 aromatic carbocycles. The number of carbonyl (C=O) groups excluding carboxylic acids is 1. The number of sulfonamides is 1. The van der Waals surface area contributed by atoms with Gasteiger partial charge in [0.25, 0.3) is 0 Å². The molecule has 27 heavy (non-hydrogen) atoms. The van der Waals surface area contributed by atoms with Gasteiger partial charge in [0, 0.05) is 15.8 Å². The molecule has 0 aliphatic carbocycles. The van der Waals surface area contributed by atoms with Crippen molar-refractivity contribution in [3.63, 3.8) is 0 Å². The molecule has 0 atom stereocenters. The summed E-state index contributed by atoms with van der Waals surface area (Å²) in [6.07, 6.45) is 0. The first kappa shape index (κ1) is 21.9. The van der Waals surface area contributed by atoms with Crippen LogP contribution in [-0.4, -0.2) is 38.3 Å². The maximum absolute atomic E-state index is 12.9. The van der Waals surface area contributed by atoms with Crippen molar-refractivity contribution in [3.8, 4) is 5.75 Å². The van der Waals surface area contributed by atoms with Crippen LogP contribution >= 0.6 is 34.2 Å². The van der Waals surface area contributed by atoms with Gasteiger partial charge in [0.1, 0.15) is 5.75 Å². The smallest absolute Gasteiger partial charge is 0.243 e. The van der Waals surface area contributed by atoms with E-state index in [9.17, 15) is 13.2 Å². The molecule has 0 bridgehead atoms. The highest BCUT2D eigenvalue weighted by molar-refractivity contribution is 14.1. The summed E-state index contributed by atoms with van der Waals surface area (Å²) in [6, 6.07) is 11.5. The first-order valence-corrected chi connectivity index (χ1v) is 11.2. The van der Waals surface area contributed by atoms with Gasteiger partial charge in [-0.05, 0) is 72.0 Å². The number of benzene rings is 2. The van der Waals surface area contributed by atoms with Gasteiger partial charge in [-0.25, -0.2) is 8.42 Å². The number of rotatable bonds is 8. The second kappa shape index (κ2) is 9.72. The molecule has 1 N–H and O–H groups in total. The Balaban J connectivity index is 2.15. The molecule has 1 amide bonds. The van der Waals surface area contributed by atoms with Gasteiger partial charge >= 0.3 is 0 Å². The van der Waals surface area contributed by atoms with E-state index in [0.717, 1.165) is 7.88 Å². The Labute approximate surface area is 178 Å². The highest BCUT2D eigenvalue weighted by Gasteiger charge is 2.26. The number of carbonyl (C=O) groups is 1. The zero-order valence-corrected chi connectivity index (χ0v) is 18.6. The first-order valence-electron chi connectivity index (χ1n) is 8.25. The lowest BCUT2D eigenvalue weighted by atomic mass is 10.3. The topological polar surface area (TPSA) is 75.7 Å². The third-order valence-electron chi connectivity index (χ3n) is 3.64. The van der Waals surface area contributed by atoms with Crippen molar-refractivity contribution >= 4 is 55.8 Å². The second-order valence-electron chi connectivity index (χ2n) is 5.51. The van der Waals surface area contributed by atoms with E-state index in [-0.39, 0.29) is 23.0 Å². The molecule has 0 unspecified atom stereocenters. The lowest BCUT2D eigenvalue weighted by molar-refractivity contribution is -0.116. The molecule has 0 fully saturated rings. The quantitative estimate of drug-likeness (QED) is 0.532. The standard InChI is InChI=1S/C18H20ClIN2O4S/c1-3-22(12-18(23)21-14-7-5-13(20)6-8-14)27(24,25)15-9-10-17(26-4-2)16(19)11-15/h5-11H,3-4,12H2,1-2H3,(H,21,23). The zero-order valence-electron chi connectivity index (χ0n) is 14.9. The average molecular weight is 523 g/mol. The molecule has 146 valence electrons. The van der Waals surface area contributed by atoms with Crippen molar-refractivity contribution in [3.05, 3.63) is 51.1 Å². The minimum Gasteiger partial charge on any atom is -0.492 e. The predicted octanol–water partition coefficient (Wildman–Crippen LogP) is 3.99. The minimum atomic E-state index is -3.87. The molecule has 0 saturated carbocycles. The fourth-order valence-electron chi connectivity index (χ4n) is 2.32. The fourth-order valence-corrected chi connectivity index (χ4v) is 4.42. The van der Waals surface area contributed by atoms with Crippen molar-refractivity contribution in [2.24, 2.45) is 0 Å². The van der Waals surface area contributed by atoms with Crippen LogP contribution in [0.1, 0.15) is 13.8 Å². The van der Waals surface area contributed by atoms with Gasteiger partial charge in [0.05, 0.1) is 23.1 Å². The van der Waals surface area contributed by atoms with Gasteiger partial charge in [-0.3, -0.25) is 4.79 Å². The van der Waals surface area contributed by atoms with Gasteiger partial charge < -0.3 is 10.1 Å². The van der Waals surface area contributed by atoms with Gasteiger partial charge in [-0.1, -0.05) is 18.5 Å². The van der Waals surface area contributed by atoms with Crippen LogP contribution in [0.15, 0.2) is 47.4 Å². The van der Waals surface area contributed by atoms with Crippen LogP contribution in [0.3, 0.4) is 0 Å². The van der Waals surface area contributed by atoms with E-state index in [0.29, 0.717) is 18.0 Å². The number of nitrogens with one attached hydrogen (secondary N) is 1. The van der Waals surface area contributed by atoms with Gasteiger partial charge in [0.2, 0.25) is 15.9 Å². The number of halogens is 2. The molecule has 0 aromatic heterocycles. The first-order chi connectivity index (χ1) is 12.8. The summed E-state index contributed by atoms with van der Waals surface area (Å²) >= 11 is 8.26. The van der Waals surface area contributed by atoms with Crippen LogP contribution in [0.2, 0.25) is 5.02 Å². The lowest BCUT2D eigenvalue weighted by Gasteiger charge is -2.20. The Bertz CT molecular complexity index is 904. The van der Waals surface area contributed by atoms with Crippen molar-refractivity contribution in [1.29, 1.82) is 0 Å². The van der Waals surface area contributed by atoms with Gasteiger partial charge in [-0.15, -0.1) is 0 Å². The van der Waals surface area contributed by atoms with E-state index in [2.05, 4.69) is 27.9 Å². The Morgan fingerprint density at radius 1 is 1.19 bits per heavy atom. The Morgan fingerprint density at radius 3 is 2.41 bits per heavy atom. The number of hydrogen-bond acceptors (Lipinski definition) is 4. The molecule has 0 spiro atoms. The maximum Gasteiger partial charge on any atom is 0.243 e. The molecule has 2 aromatic rings. The predicted molar refractivity (Wildman–Crippen MR) is 115 cm³/mol. The minimum absolute atomic E-state index is 0.0138. The van der Waals surface area contributed by atoms with E-state index in [1.54, 1.807) is 19.1 Å². The maximum atomic E-state index is 12.9. The highest BCUT2D eigenvalue weighted by atomic mass is 127. The van der Waals surface area contributed by atoms with Crippen LogP contribution in [0, 0.1) is 3.57 Å². The van der Waals surface area contributed by atoms with Crippen LogP contribution in [-0.2, 0) is 14.8 Å². The number of hydrogen-bond donors (Lipinski definition) is 1. The summed E-state index contributed by atoms with van der Waals surface area (Å²) in [4.78, 5) is 12.3. The molecule has 0 radical (unpaired) electrons. The lowest BCUT2D eigenvalue weighted by Crippen LogP contribution is -2.37. The summed E-state index contributed by atoms with van der Waals surface area (Å²) in [5.41, 5.74) is 0.609. The van der Waals surface area contributed by atoms with Crippen LogP contribution in [0.4, 0.5) is 5.69 Å². The molecule has 9 heteroatoms.